The molecule has 1 aromatic carbocycles. The van der Waals surface area contributed by atoms with Crippen LogP contribution in [-0.4, -0.2) is 46.7 Å². The molecule has 170 valence electrons. The second-order valence-electron chi connectivity index (χ2n) is 9.32. The number of aliphatic carboxylic acids is 1. The number of hydrogen-bond acceptors (Lipinski definition) is 5. The molecule has 0 spiro atoms. The first-order valence-electron chi connectivity index (χ1n) is 11.3. The smallest absolute Gasteiger partial charge is 0.321 e. The minimum Gasteiger partial charge on any atom is -0.480 e. The number of nitrogens with zero attached hydrogens (tertiary/aromatic N) is 2. The van der Waals surface area contributed by atoms with Gasteiger partial charge in [0.15, 0.2) is 0 Å². The molecule has 0 saturated heterocycles. The standard InChI is InChI=1S/C25H36N2O4/c1-16(2)23(25(28)29)27(5)14-19-7-6-8-21(13-19)30-15-22-18(4)31-24(26-22)20-11-9-17(3)10-12-20/h9-12,16,19,21,23H,6-8,13-15H2,1-5H3,(H,28,29)/t19?,21?,23-/m0/s1. The van der Waals surface area contributed by atoms with Crippen molar-refractivity contribution in [3.8, 4) is 11.5 Å². The Labute approximate surface area is 185 Å². The van der Waals surface area contributed by atoms with Crippen molar-refractivity contribution in [1.82, 2.24) is 9.88 Å². The van der Waals surface area contributed by atoms with Crippen molar-refractivity contribution in [3.63, 3.8) is 0 Å². The summed E-state index contributed by atoms with van der Waals surface area (Å²) in [4.78, 5) is 18.3. The van der Waals surface area contributed by atoms with Crippen molar-refractivity contribution >= 4 is 5.97 Å². The lowest BCUT2D eigenvalue weighted by Gasteiger charge is -2.35. The van der Waals surface area contributed by atoms with Gasteiger partial charge >= 0.3 is 5.97 Å². The van der Waals surface area contributed by atoms with Crippen LogP contribution in [0.15, 0.2) is 28.7 Å². The van der Waals surface area contributed by atoms with Gasteiger partial charge in [-0.2, -0.15) is 0 Å². The summed E-state index contributed by atoms with van der Waals surface area (Å²) in [6, 6.07) is 7.71. The number of rotatable bonds is 9. The van der Waals surface area contributed by atoms with Gasteiger partial charge in [0.25, 0.3) is 0 Å². The topological polar surface area (TPSA) is 75.8 Å². The predicted octanol–water partition coefficient (Wildman–Crippen LogP) is 5.07. The van der Waals surface area contributed by atoms with Crippen LogP contribution in [0.2, 0.25) is 0 Å². The van der Waals surface area contributed by atoms with Gasteiger partial charge in [-0.3, -0.25) is 9.69 Å². The summed E-state index contributed by atoms with van der Waals surface area (Å²) in [6.45, 7) is 9.15. The lowest BCUT2D eigenvalue weighted by Crippen LogP contribution is -2.45. The van der Waals surface area contributed by atoms with E-state index < -0.39 is 12.0 Å². The molecule has 1 saturated carbocycles. The molecule has 1 fully saturated rings. The fourth-order valence-electron chi connectivity index (χ4n) is 4.64. The van der Waals surface area contributed by atoms with Crippen LogP contribution in [0.4, 0.5) is 0 Å². The Morgan fingerprint density at radius 3 is 2.61 bits per heavy atom. The monoisotopic (exact) mass is 428 g/mol. The molecule has 0 aliphatic heterocycles. The van der Waals surface area contributed by atoms with Crippen LogP contribution in [0.3, 0.4) is 0 Å². The molecule has 2 aromatic rings. The molecule has 0 radical (unpaired) electrons. The Morgan fingerprint density at radius 1 is 1.26 bits per heavy atom. The number of ether oxygens (including phenoxy) is 1. The number of aromatic nitrogens is 1. The summed E-state index contributed by atoms with van der Waals surface area (Å²) in [5.41, 5.74) is 3.02. The zero-order chi connectivity index (χ0) is 22.5. The van der Waals surface area contributed by atoms with Crippen LogP contribution in [0.1, 0.15) is 56.5 Å². The van der Waals surface area contributed by atoms with Crippen molar-refractivity contribution in [2.45, 2.75) is 72.1 Å². The van der Waals surface area contributed by atoms with E-state index in [4.69, 9.17) is 9.15 Å². The van der Waals surface area contributed by atoms with Crippen LogP contribution in [0, 0.1) is 25.7 Å². The van der Waals surface area contributed by atoms with Crippen LogP contribution in [0.5, 0.6) is 0 Å². The van der Waals surface area contributed by atoms with Gasteiger partial charge in [-0.1, -0.05) is 38.0 Å². The summed E-state index contributed by atoms with van der Waals surface area (Å²) in [6.07, 6.45) is 4.39. The highest BCUT2D eigenvalue weighted by Gasteiger charge is 2.30. The quantitative estimate of drug-likeness (QED) is 0.601. The Hall–Kier alpha value is -2.18. The second-order valence-corrected chi connectivity index (χ2v) is 9.32. The predicted molar refractivity (Wildman–Crippen MR) is 121 cm³/mol. The number of hydrogen-bond donors (Lipinski definition) is 1. The molecule has 31 heavy (non-hydrogen) atoms. The molecule has 6 nitrogen and oxygen atoms in total. The summed E-state index contributed by atoms with van der Waals surface area (Å²) < 4.78 is 12.1. The van der Waals surface area contributed by atoms with E-state index in [0.717, 1.165) is 49.2 Å². The molecule has 3 atom stereocenters. The fraction of sp³-hybridized carbons (Fsp3) is 0.600. The van der Waals surface area contributed by atoms with Crippen molar-refractivity contribution in [2.75, 3.05) is 13.6 Å². The van der Waals surface area contributed by atoms with Gasteiger partial charge in [-0.25, -0.2) is 4.98 Å². The third-order valence-corrected chi connectivity index (χ3v) is 6.29. The third kappa shape index (κ3) is 6.17. The number of aryl methyl sites for hydroxylation is 2. The van der Waals surface area contributed by atoms with Crippen LogP contribution in [-0.2, 0) is 16.1 Å². The normalized spacial score (nSPS) is 20.4. The molecule has 1 aromatic heterocycles. The van der Waals surface area contributed by atoms with E-state index >= 15 is 0 Å². The first-order valence-corrected chi connectivity index (χ1v) is 11.3. The minimum atomic E-state index is -0.744. The molecule has 1 aliphatic rings. The third-order valence-electron chi connectivity index (χ3n) is 6.29. The number of carbonyl (C=O) groups is 1. The molecule has 6 heteroatoms. The van der Waals surface area contributed by atoms with Gasteiger partial charge in [0, 0.05) is 12.1 Å². The summed E-state index contributed by atoms with van der Waals surface area (Å²) in [5, 5.41) is 9.55. The SMILES string of the molecule is Cc1ccc(-c2nc(COC3CCCC(CN(C)[C@H](C(=O)O)C(C)C)C3)c(C)o2)cc1. The van der Waals surface area contributed by atoms with Crippen LogP contribution >= 0.6 is 0 Å². The zero-order valence-electron chi connectivity index (χ0n) is 19.4. The highest BCUT2D eigenvalue weighted by molar-refractivity contribution is 5.73. The van der Waals surface area contributed by atoms with E-state index in [1.54, 1.807) is 0 Å². The molecule has 1 aliphatic carbocycles. The summed E-state index contributed by atoms with van der Waals surface area (Å²) in [5.74, 6) is 1.21. The summed E-state index contributed by atoms with van der Waals surface area (Å²) >= 11 is 0. The van der Waals surface area contributed by atoms with Gasteiger partial charge in [0.05, 0.1) is 12.7 Å². The first kappa shape index (κ1) is 23.5. The lowest BCUT2D eigenvalue weighted by atomic mass is 9.86. The number of oxazole rings is 1. The minimum absolute atomic E-state index is 0.0796. The Bertz CT molecular complexity index is 859. The number of carboxylic acids is 1. The van der Waals surface area contributed by atoms with Crippen molar-refractivity contribution in [3.05, 3.63) is 41.3 Å². The summed E-state index contributed by atoms with van der Waals surface area (Å²) in [7, 11) is 1.93. The molecule has 0 amide bonds. The maximum atomic E-state index is 11.6. The van der Waals surface area contributed by atoms with Crippen LogP contribution < -0.4 is 0 Å². The van der Waals surface area contributed by atoms with E-state index in [1.807, 2.05) is 44.9 Å². The fourth-order valence-corrected chi connectivity index (χ4v) is 4.64. The molecular formula is C25H36N2O4. The Morgan fingerprint density at radius 2 is 1.97 bits per heavy atom. The average molecular weight is 429 g/mol. The Balaban J connectivity index is 1.55. The van der Waals surface area contributed by atoms with E-state index in [1.165, 1.54) is 5.56 Å². The van der Waals surface area contributed by atoms with E-state index in [0.29, 0.717) is 18.4 Å². The van der Waals surface area contributed by atoms with Gasteiger partial charge in [-0.05, 0) is 64.1 Å². The van der Waals surface area contributed by atoms with E-state index in [2.05, 4.69) is 24.0 Å². The lowest BCUT2D eigenvalue weighted by molar-refractivity contribution is -0.144. The van der Waals surface area contributed by atoms with Crippen molar-refractivity contribution in [2.24, 2.45) is 11.8 Å². The second kappa shape index (κ2) is 10.4. The molecule has 0 bridgehead atoms. The maximum absolute atomic E-state index is 11.6. The van der Waals surface area contributed by atoms with Gasteiger partial charge in [0.2, 0.25) is 5.89 Å². The van der Waals surface area contributed by atoms with Crippen LogP contribution in [0.25, 0.3) is 11.5 Å². The first-order chi connectivity index (χ1) is 14.7. The van der Waals surface area contributed by atoms with Gasteiger partial charge < -0.3 is 14.3 Å². The zero-order valence-corrected chi connectivity index (χ0v) is 19.4. The van der Waals surface area contributed by atoms with Gasteiger partial charge in [-0.15, -0.1) is 0 Å². The highest BCUT2D eigenvalue weighted by Crippen LogP contribution is 2.29. The average Bonchev–Trinajstić information content (AvgIpc) is 3.07. The Kier molecular flexibility index (Phi) is 7.89. The van der Waals surface area contributed by atoms with Gasteiger partial charge in [0.1, 0.15) is 17.5 Å². The highest BCUT2D eigenvalue weighted by atomic mass is 16.5. The molecule has 1 N–H and O–H groups in total. The van der Waals surface area contributed by atoms with E-state index in [9.17, 15) is 9.90 Å². The molecular weight excluding hydrogens is 392 g/mol. The van der Waals surface area contributed by atoms with Crippen molar-refractivity contribution < 1.29 is 19.1 Å². The number of carboxylic acid groups (broad SMARTS) is 1. The molecule has 2 unspecified atom stereocenters. The largest absolute Gasteiger partial charge is 0.480 e. The number of likely N-dealkylation sites (N-methyl/N-ethyl adjacent to an activating group) is 1. The van der Waals surface area contributed by atoms with E-state index in [-0.39, 0.29) is 12.0 Å². The van der Waals surface area contributed by atoms with Crippen molar-refractivity contribution in [1.29, 1.82) is 0 Å². The maximum Gasteiger partial charge on any atom is 0.321 e. The molecule has 3 rings (SSSR count). The molecule has 1 heterocycles. The number of benzene rings is 1.